The average Bonchev–Trinajstić information content (AvgIpc) is 3.23. The summed E-state index contributed by atoms with van der Waals surface area (Å²) in [4.78, 5) is 30.2. The molecule has 1 heterocycles. The summed E-state index contributed by atoms with van der Waals surface area (Å²) >= 11 is 0. The van der Waals surface area contributed by atoms with E-state index in [-0.39, 0.29) is 17.9 Å². The van der Waals surface area contributed by atoms with E-state index < -0.39 is 11.9 Å². The van der Waals surface area contributed by atoms with E-state index in [1.165, 1.54) is 29.8 Å². The van der Waals surface area contributed by atoms with Gasteiger partial charge in [0.1, 0.15) is 11.9 Å². The van der Waals surface area contributed by atoms with Gasteiger partial charge in [-0.2, -0.15) is 0 Å². The number of likely N-dealkylation sites (tertiary alicyclic amines) is 1. The third kappa shape index (κ3) is 6.14. The Balaban J connectivity index is 1.84. The van der Waals surface area contributed by atoms with Crippen molar-refractivity contribution in [2.75, 3.05) is 26.2 Å². The number of hydrogen-bond acceptors (Lipinski definition) is 4. The van der Waals surface area contributed by atoms with E-state index in [2.05, 4.69) is 36.2 Å². The fourth-order valence-corrected chi connectivity index (χ4v) is 4.25. The van der Waals surface area contributed by atoms with Gasteiger partial charge in [0, 0.05) is 44.3 Å². The quantitative estimate of drug-likeness (QED) is 0.628. The number of benzene rings is 2. The molecule has 1 fully saturated rings. The first kappa shape index (κ1) is 23.9. The Morgan fingerprint density at radius 2 is 1.84 bits per heavy atom. The third-order valence-corrected chi connectivity index (χ3v) is 5.72. The molecule has 2 aromatic rings. The lowest BCUT2D eigenvalue weighted by Gasteiger charge is -2.30. The predicted octanol–water partition coefficient (Wildman–Crippen LogP) is 2.64. The van der Waals surface area contributed by atoms with Gasteiger partial charge < -0.3 is 16.0 Å². The van der Waals surface area contributed by atoms with E-state index in [1.54, 1.807) is 4.90 Å². The molecule has 2 aromatic carbocycles. The Kier molecular flexibility index (Phi) is 8.36. The summed E-state index contributed by atoms with van der Waals surface area (Å²) in [5, 5.41) is 2.83. The van der Waals surface area contributed by atoms with E-state index >= 15 is 0 Å². The van der Waals surface area contributed by atoms with E-state index in [9.17, 15) is 14.0 Å². The van der Waals surface area contributed by atoms with Crippen LogP contribution < -0.4 is 11.1 Å². The molecule has 3 rings (SSSR count). The van der Waals surface area contributed by atoms with E-state index in [1.807, 2.05) is 18.2 Å². The second-order valence-corrected chi connectivity index (χ2v) is 8.76. The maximum atomic E-state index is 13.4. The van der Waals surface area contributed by atoms with Gasteiger partial charge in [-0.15, -0.1) is 0 Å². The lowest BCUT2D eigenvalue weighted by Crippen LogP contribution is -2.47. The molecule has 1 aliphatic heterocycles. The van der Waals surface area contributed by atoms with E-state index in [4.69, 9.17) is 5.73 Å². The minimum Gasteiger partial charge on any atom is -0.353 e. The highest BCUT2D eigenvalue weighted by atomic mass is 19.1. The molecular weight excluding hydrogens is 407 g/mol. The molecule has 7 heteroatoms. The van der Waals surface area contributed by atoms with Crippen LogP contribution in [0.2, 0.25) is 0 Å². The number of nitrogens with one attached hydrogen (secondary N) is 1. The van der Waals surface area contributed by atoms with Crippen molar-refractivity contribution in [2.45, 2.75) is 38.9 Å². The molecule has 0 saturated carbocycles. The van der Waals surface area contributed by atoms with Crippen LogP contribution in [0, 0.1) is 11.7 Å². The summed E-state index contributed by atoms with van der Waals surface area (Å²) in [7, 11) is 0. The highest BCUT2D eigenvalue weighted by molar-refractivity contribution is 5.98. The Morgan fingerprint density at radius 3 is 2.47 bits per heavy atom. The second kappa shape index (κ2) is 11.2. The standard InChI is InChI=1S/C25H33FN4O2/c1-18(2)15-29(16-19-6-4-3-5-7-19)22-14-23(24(31)28-13-12-27)30(17-22)25(32)20-8-10-21(26)11-9-20/h3-11,18,22-23H,12-17,27H2,1-2H3,(H,28,31). The molecule has 0 aliphatic carbocycles. The van der Waals surface area contributed by atoms with Crippen molar-refractivity contribution >= 4 is 11.8 Å². The first-order valence-electron chi connectivity index (χ1n) is 11.2. The van der Waals surface area contributed by atoms with Crippen LogP contribution in [0.4, 0.5) is 4.39 Å². The molecule has 0 bridgehead atoms. The van der Waals surface area contributed by atoms with Crippen molar-refractivity contribution in [2.24, 2.45) is 11.7 Å². The van der Waals surface area contributed by atoms with Crippen molar-refractivity contribution in [3.8, 4) is 0 Å². The highest BCUT2D eigenvalue weighted by Gasteiger charge is 2.42. The number of halogens is 1. The van der Waals surface area contributed by atoms with Crippen LogP contribution >= 0.6 is 0 Å². The Morgan fingerprint density at radius 1 is 1.16 bits per heavy atom. The summed E-state index contributed by atoms with van der Waals surface area (Å²) in [6.07, 6.45) is 0.545. The number of amides is 2. The van der Waals surface area contributed by atoms with Crippen molar-refractivity contribution in [3.63, 3.8) is 0 Å². The zero-order chi connectivity index (χ0) is 23.1. The Hall–Kier alpha value is -2.77. The number of nitrogens with zero attached hydrogens (tertiary/aromatic N) is 2. The summed E-state index contributed by atoms with van der Waals surface area (Å²) in [6.45, 7) is 7.07. The molecule has 2 atom stereocenters. The number of carbonyl (C=O) groups excluding carboxylic acids is 2. The molecule has 6 nitrogen and oxygen atoms in total. The van der Waals surface area contributed by atoms with Crippen LogP contribution in [0.15, 0.2) is 54.6 Å². The lowest BCUT2D eigenvalue weighted by molar-refractivity contribution is -0.124. The van der Waals surface area contributed by atoms with Gasteiger partial charge in [0.15, 0.2) is 0 Å². The van der Waals surface area contributed by atoms with E-state index in [0.29, 0.717) is 37.5 Å². The smallest absolute Gasteiger partial charge is 0.254 e. The van der Waals surface area contributed by atoms with Crippen molar-refractivity contribution < 1.29 is 14.0 Å². The van der Waals surface area contributed by atoms with Crippen molar-refractivity contribution in [1.29, 1.82) is 0 Å². The van der Waals surface area contributed by atoms with Crippen LogP contribution in [0.1, 0.15) is 36.2 Å². The van der Waals surface area contributed by atoms with Crippen LogP contribution in [-0.4, -0.2) is 59.9 Å². The first-order valence-corrected chi connectivity index (χ1v) is 11.2. The summed E-state index contributed by atoms with van der Waals surface area (Å²) in [6, 6.07) is 15.1. The van der Waals surface area contributed by atoms with Gasteiger partial charge >= 0.3 is 0 Å². The van der Waals surface area contributed by atoms with Gasteiger partial charge in [-0.1, -0.05) is 44.2 Å². The molecular formula is C25H33FN4O2. The molecule has 1 saturated heterocycles. The number of hydrogen-bond donors (Lipinski definition) is 2. The minimum absolute atomic E-state index is 0.0376. The lowest BCUT2D eigenvalue weighted by atomic mass is 10.1. The minimum atomic E-state index is -0.588. The SMILES string of the molecule is CC(C)CN(Cc1ccccc1)C1CC(C(=O)NCCN)N(C(=O)c2ccc(F)cc2)C1. The fraction of sp³-hybridized carbons (Fsp3) is 0.440. The molecule has 172 valence electrons. The molecule has 32 heavy (non-hydrogen) atoms. The topological polar surface area (TPSA) is 78.7 Å². The molecule has 1 aliphatic rings. The molecule has 2 unspecified atom stereocenters. The van der Waals surface area contributed by atoms with Gasteiger partial charge in [-0.05, 0) is 42.2 Å². The van der Waals surface area contributed by atoms with Crippen LogP contribution in [-0.2, 0) is 11.3 Å². The summed E-state index contributed by atoms with van der Waals surface area (Å²) in [5.41, 5.74) is 7.12. The monoisotopic (exact) mass is 440 g/mol. The second-order valence-electron chi connectivity index (χ2n) is 8.76. The Labute approximate surface area is 189 Å². The van der Waals surface area contributed by atoms with Gasteiger partial charge in [0.05, 0.1) is 0 Å². The van der Waals surface area contributed by atoms with E-state index in [0.717, 1.165) is 13.1 Å². The van der Waals surface area contributed by atoms with Crippen LogP contribution in [0.25, 0.3) is 0 Å². The zero-order valence-corrected chi connectivity index (χ0v) is 18.8. The highest BCUT2D eigenvalue weighted by Crippen LogP contribution is 2.27. The van der Waals surface area contributed by atoms with Crippen molar-refractivity contribution in [3.05, 3.63) is 71.5 Å². The normalized spacial score (nSPS) is 18.4. The van der Waals surface area contributed by atoms with Crippen molar-refractivity contribution in [1.82, 2.24) is 15.1 Å². The van der Waals surface area contributed by atoms with Gasteiger partial charge in [-0.25, -0.2) is 4.39 Å². The van der Waals surface area contributed by atoms with Crippen LogP contribution in [0.3, 0.4) is 0 Å². The molecule has 3 N–H and O–H groups in total. The maximum absolute atomic E-state index is 13.4. The molecule has 2 amide bonds. The first-order chi connectivity index (χ1) is 15.4. The van der Waals surface area contributed by atoms with Gasteiger partial charge in [-0.3, -0.25) is 14.5 Å². The van der Waals surface area contributed by atoms with Crippen LogP contribution in [0.5, 0.6) is 0 Å². The van der Waals surface area contributed by atoms with Gasteiger partial charge in [0.25, 0.3) is 5.91 Å². The summed E-state index contributed by atoms with van der Waals surface area (Å²) < 4.78 is 13.4. The fourth-order valence-electron chi connectivity index (χ4n) is 4.25. The summed E-state index contributed by atoms with van der Waals surface area (Å²) in [5.74, 6) is -0.420. The number of carbonyl (C=O) groups is 2. The Bertz CT molecular complexity index is 889. The zero-order valence-electron chi connectivity index (χ0n) is 18.8. The van der Waals surface area contributed by atoms with Gasteiger partial charge in [0.2, 0.25) is 5.91 Å². The predicted molar refractivity (Wildman–Crippen MR) is 123 cm³/mol. The third-order valence-electron chi connectivity index (χ3n) is 5.72. The molecule has 0 radical (unpaired) electrons. The average molecular weight is 441 g/mol. The molecule has 0 aromatic heterocycles. The molecule has 0 spiro atoms. The largest absolute Gasteiger partial charge is 0.353 e. The maximum Gasteiger partial charge on any atom is 0.254 e. The number of nitrogens with two attached hydrogens (primary N) is 1. The number of rotatable bonds is 9.